The molecule has 2 aromatic rings. The molecular formula is C14H15ClN2O2. The van der Waals surface area contributed by atoms with E-state index in [1.54, 1.807) is 37.4 Å². The number of carbonyl (C=O) groups excluding carboxylic acids is 1. The first kappa shape index (κ1) is 13.5. The summed E-state index contributed by atoms with van der Waals surface area (Å²) in [5, 5.41) is 0.532. The van der Waals surface area contributed by atoms with Gasteiger partial charge in [0.1, 0.15) is 5.76 Å². The second kappa shape index (κ2) is 5.80. The zero-order chi connectivity index (χ0) is 13.8. The van der Waals surface area contributed by atoms with Crippen molar-refractivity contribution in [2.45, 2.75) is 6.54 Å². The summed E-state index contributed by atoms with van der Waals surface area (Å²) in [4.78, 5) is 15.4. The van der Waals surface area contributed by atoms with Crippen molar-refractivity contribution in [2.24, 2.45) is 0 Å². The van der Waals surface area contributed by atoms with Crippen LogP contribution in [0, 0.1) is 0 Å². The highest BCUT2D eigenvalue weighted by atomic mass is 35.5. The second-order valence-electron chi connectivity index (χ2n) is 4.29. The number of furan rings is 1. The van der Waals surface area contributed by atoms with Crippen molar-refractivity contribution in [1.82, 2.24) is 4.90 Å². The maximum absolute atomic E-state index is 12.3. The van der Waals surface area contributed by atoms with Crippen LogP contribution in [0.1, 0.15) is 5.76 Å². The molecule has 0 aliphatic rings. The Balaban J connectivity index is 2.34. The van der Waals surface area contributed by atoms with Gasteiger partial charge in [-0.1, -0.05) is 23.7 Å². The summed E-state index contributed by atoms with van der Waals surface area (Å²) in [7, 11) is 3.41. The summed E-state index contributed by atoms with van der Waals surface area (Å²) in [6, 6.07) is 10.7. The van der Waals surface area contributed by atoms with E-state index in [1.165, 1.54) is 4.90 Å². The molecule has 0 radical (unpaired) electrons. The van der Waals surface area contributed by atoms with Crippen LogP contribution in [-0.2, 0) is 6.54 Å². The minimum absolute atomic E-state index is 0.149. The molecule has 1 aromatic heterocycles. The number of para-hydroxylation sites is 1. The number of rotatable bonds is 3. The standard InChI is InChI=1S/C14H15ClN2O2/c1-16(2)14(18)17(10-11-6-5-9-19-11)13-8-4-3-7-12(13)15/h3-9H,10H2,1-2H3. The largest absolute Gasteiger partial charge is 0.467 e. The maximum Gasteiger partial charge on any atom is 0.324 e. The molecule has 0 atom stereocenters. The molecule has 5 heteroatoms. The van der Waals surface area contributed by atoms with Gasteiger partial charge in [-0.3, -0.25) is 4.90 Å². The second-order valence-corrected chi connectivity index (χ2v) is 4.70. The van der Waals surface area contributed by atoms with E-state index in [2.05, 4.69) is 0 Å². The lowest BCUT2D eigenvalue weighted by Crippen LogP contribution is -2.38. The van der Waals surface area contributed by atoms with Crippen LogP contribution < -0.4 is 4.90 Å². The van der Waals surface area contributed by atoms with Gasteiger partial charge in [0.15, 0.2) is 0 Å². The number of nitrogens with zero attached hydrogens (tertiary/aromatic N) is 2. The van der Waals surface area contributed by atoms with E-state index in [1.807, 2.05) is 24.3 Å². The van der Waals surface area contributed by atoms with Gasteiger partial charge in [-0.2, -0.15) is 0 Å². The summed E-state index contributed by atoms with van der Waals surface area (Å²) in [5.74, 6) is 0.704. The molecule has 0 bridgehead atoms. The van der Waals surface area contributed by atoms with Gasteiger partial charge in [0, 0.05) is 14.1 Å². The zero-order valence-electron chi connectivity index (χ0n) is 10.8. The molecule has 1 aromatic carbocycles. The van der Waals surface area contributed by atoms with Crippen molar-refractivity contribution in [3.8, 4) is 0 Å². The number of urea groups is 1. The molecule has 0 fully saturated rings. The molecule has 2 amide bonds. The molecule has 100 valence electrons. The number of amides is 2. The zero-order valence-corrected chi connectivity index (χ0v) is 11.6. The van der Waals surface area contributed by atoms with Crippen molar-refractivity contribution in [3.05, 3.63) is 53.4 Å². The van der Waals surface area contributed by atoms with Crippen molar-refractivity contribution >= 4 is 23.3 Å². The molecule has 0 aliphatic heterocycles. The Bertz CT molecular complexity index is 552. The molecule has 0 saturated carbocycles. The third-order valence-corrected chi connectivity index (χ3v) is 2.97. The molecular weight excluding hydrogens is 264 g/mol. The summed E-state index contributed by atoms with van der Waals surface area (Å²) >= 11 is 6.16. The van der Waals surface area contributed by atoms with Crippen LogP contribution in [0.3, 0.4) is 0 Å². The quantitative estimate of drug-likeness (QED) is 0.860. The fourth-order valence-electron chi connectivity index (χ4n) is 1.73. The third kappa shape index (κ3) is 3.09. The van der Waals surface area contributed by atoms with Gasteiger partial charge >= 0.3 is 6.03 Å². The van der Waals surface area contributed by atoms with E-state index < -0.39 is 0 Å². The van der Waals surface area contributed by atoms with Gasteiger partial charge in [0.05, 0.1) is 23.5 Å². The third-order valence-electron chi connectivity index (χ3n) is 2.65. The van der Waals surface area contributed by atoms with Gasteiger partial charge in [-0.15, -0.1) is 0 Å². The van der Waals surface area contributed by atoms with Crippen molar-refractivity contribution in [1.29, 1.82) is 0 Å². The summed E-state index contributed by atoms with van der Waals surface area (Å²) in [6.45, 7) is 0.341. The first-order chi connectivity index (χ1) is 9.09. The van der Waals surface area contributed by atoms with Gasteiger partial charge in [0.25, 0.3) is 0 Å². The number of hydrogen-bond donors (Lipinski definition) is 0. The monoisotopic (exact) mass is 278 g/mol. The summed E-state index contributed by atoms with van der Waals surface area (Å²) < 4.78 is 5.30. The average Bonchev–Trinajstić information content (AvgIpc) is 2.89. The van der Waals surface area contributed by atoms with E-state index in [0.717, 1.165) is 0 Å². The molecule has 0 unspecified atom stereocenters. The molecule has 0 spiro atoms. The van der Waals surface area contributed by atoms with Crippen LogP contribution in [0.2, 0.25) is 5.02 Å². The van der Waals surface area contributed by atoms with E-state index in [0.29, 0.717) is 23.0 Å². The molecule has 0 aliphatic carbocycles. The molecule has 2 rings (SSSR count). The Hall–Kier alpha value is -1.94. The molecule has 1 heterocycles. The SMILES string of the molecule is CN(C)C(=O)N(Cc1ccco1)c1ccccc1Cl. The van der Waals surface area contributed by atoms with E-state index >= 15 is 0 Å². The number of hydrogen-bond acceptors (Lipinski definition) is 2. The number of benzene rings is 1. The van der Waals surface area contributed by atoms with E-state index in [9.17, 15) is 4.79 Å². The first-order valence-electron chi connectivity index (χ1n) is 5.85. The molecule has 0 saturated heterocycles. The Morgan fingerprint density at radius 1 is 1.21 bits per heavy atom. The van der Waals surface area contributed by atoms with Gasteiger partial charge in [-0.25, -0.2) is 4.79 Å². The highest BCUT2D eigenvalue weighted by molar-refractivity contribution is 6.33. The Labute approximate surface area is 117 Å². The van der Waals surface area contributed by atoms with Crippen LogP contribution >= 0.6 is 11.6 Å². The fraction of sp³-hybridized carbons (Fsp3) is 0.214. The van der Waals surface area contributed by atoms with E-state index in [-0.39, 0.29) is 6.03 Å². The van der Waals surface area contributed by atoms with Gasteiger partial charge in [0.2, 0.25) is 0 Å². The maximum atomic E-state index is 12.3. The molecule has 19 heavy (non-hydrogen) atoms. The predicted octanol–water partition coefficient (Wildman–Crippen LogP) is 3.62. The first-order valence-corrected chi connectivity index (χ1v) is 6.23. The van der Waals surface area contributed by atoms with Crippen LogP contribution in [0.4, 0.5) is 10.5 Å². The van der Waals surface area contributed by atoms with Crippen molar-refractivity contribution < 1.29 is 9.21 Å². The van der Waals surface area contributed by atoms with Crippen molar-refractivity contribution in [2.75, 3.05) is 19.0 Å². The van der Waals surface area contributed by atoms with Gasteiger partial charge < -0.3 is 9.32 Å². The lowest BCUT2D eigenvalue weighted by molar-refractivity contribution is 0.223. The van der Waals surface area contributed by atoms with Crippen molar-refractivity contribution in [3.63, 3.8) is 0 Å². The Morgan fingerprint density at radius 3 is 2.53 bits per heavy atom. The van der Waals surface area contributed by atoms with Crippen LogP contribution in [0.25, 0.3) is 0 Å². The molecule has 0 N–H and O–H groups in total. The highest BCUT2D eigenvalue weighted by Gasteiger charge is 2.20. The summed E-state index contributed by atoms with van der Waals surface area (Å²) in [6.07, 6.45) is 1.58. The van der Waals surface area contributed by atoms with Gasteiger partial charge in [-0.05, 0) is 24.3 Å². The number of halogens is 1. The average molecular weight is 279 g/mol. The Morgan fingerprint density at radius 2 is 1.95 bits per heavy atom. The number of carbonyl (C=O) groups is 1. The lowest BCUT2D eigenvalue weighted by atomic mass is 10.2. The van der Waals surface area contributed by atoms with Crippen LogP contribution in [0.15, 0.2) is 47.1 Å². The predicted molar refractivity (Wildman–Crippen MR) is 75.4 cm³/mol. The highest BCUT2D eigenvalue weighted by Crippen LogP contribution is 2.27. The van der Waals surface area contributed by atoms with Crippen LogP contribution in [0.5, 0.6) is 0 Å². The lowest BCUT2D eigenvalue weighted by Gasteiger charge is -2.26. The molecule has 4 nitrogen and oxygen atoms in total. The van der Waals surface area contributed by atoms with Crippen LogP contribution in [-0.4, -0.2) is 25.0 Å². The smallest absolute Gasteiger partial charge is 0.324 e. The minimum Gasteiger partial charge on any atom is -0.467 e. The summed E-state index contributed by atoms with van der Waals surface area (Å²) in [5.41, 5.74) is 0.666. The fourth-order valence-corrected chi connectivity index (χ4v) is 1.96. The minimum atomic E-state index is -0.149. The Kier molecular flexibility index (Phi) is 4.12. The normalized spacial score (nSPS) is 10.3. The topological polar surface area (TPSA) is 36.7 Å². The van der Waals surface area contributed by atoms with E-state index in [4.69, 9.17) is 16.0 Å². The number of anilines is 1.